The van der Waals surface area contributed by atoms with Gasteiger partial charge in [-0.3, -0.25) is 9.97 Å². The van der Waals surface area contributed by atoms with Crippen LogP contribution in [0.15, 0.2) is 24.7 Å². The van der Waals surface area contributed by atoms with Gasteiger partial charge in [-0.15, -0.1) is 0 Å². The minimum absolute atomic E-state index is 0.723. The second-order valence-corrected chi connectivity index (χ2v) is 2.87. The molecule has 0 fully saturated rings. The van der Waals surface area contributed by atoms with Gasteiger partial charge in [-0.1, -0.05) is 0 Å². The zero-order chi connectivity index (χ0) is 9.26. The fraction of sp³-hybridized carbons (Fsp3) is 0.200. The van der Waals surface area contributed by atoms with Gasteiger partial charge in [0.2, 0.25) is 0 Å². The lowest BCUT2D eigenvalue weighted by Crippen LogP contribution is -1.90. The summed E-state index contributed by atoms with van der Waals surface area (Å²) in [5.74, 6) is 0.723. The minimum Gasteiger partial charge on any atom is -0.493 e. The SMILES string of the molecule is COc1cncc2c(C)ccnc12. The number of hydrogen-bond acceptors (Lipinski definition) is 3. The lowest BCUT2D eigenvalue weighted by atomic mass is 10.2. The molecule has 0 saturated heterocycles. The molecule has 13 heavy (non-hydrogen) atoms. The molecular weight excluding hydrogens is 164 g/mol. The molecule has 66 valence electrons. The standard InChI is InChI=1S/C10H10N2O/c1-7-3-4-12-10-8(7)5-11-6-9(10)13-2/h3-6H,1-2H3. The molecule has 0 aliphatic heterocycles. The molecule has 0 atom stereocenters. The van der Waals surface area contributed by atoms with E-state index >= 15 is 0 Å². The normalized spacial score (nSPS) is 10.3. The van der Waals surface area contributed by atoms with Crippen molar-refractivity contribution >= 4 is 10.9 Å². The third-order valence-electron chi connectivity index (χ3n) is 2.06. The average Bonchev–Trinajstić information content (AvgIpc) is 2.18. The Bertz CT molecular complexity index is 440. The summed E-state index contributed by atoms with van der Waals surface area (Å²) in [6.45, 7) is 2.03. The summed E-state index contributed by atoms with van der Waals surface area (Å²) in [7, 11) is 1.63. The van der Waals surface area contributed by atoms with Crippen LogP contribution < -0.4 is 4.74 Å². The van der Waals surface area contributed by atoms with Crippen molar-refractivity contribution in [3.05, 3.63) is 30.2 Å². The molecule has 0 bridgehead atoms. The van der Waals surface area contributed by atoms with Crippen molar-refractivity contribution in [1.82, 2.24) is 9.97 Å². The molecule has 3 nitrogen and oxygen atoms in total. The van der Waals surface area contributed by atoms with Crippen molar-refractivity contribution in [3.63, 3.8) is 0 Å². The van der Waals surface area contributed by atoms with E-state index in [9.17, 15) is 0 Å². The number of methoxy groups -OCH3 is 1. The highest BCUT2D eigenvalue weighted by atomic mass is 16.5. The van der Waals surface area contributed by atoms with E-state index in [1.165, 1.54) is 0 Å². The third-order valence-corrected chi connectivity index (χ3v) is 2.06. The van der Waals surface area contributed by atoms with Gasteiger partial charge in [-0.05, 0) is 18.6 Å². The van der Waals surface area contributed by atoms with E-state index in [1.807, 2.05) is 13.0 Å². The van der Waals surface area contributed by atoms with Crippen LogP contribution in [0.3, 0.4) is 0 Å². The fourth-order valence-corrected chi connectivity index (χ4v) is 1.32. The summed E-state index contributed by atoms with van der Waals surface area (Å²) in [6, 6.07) is 1.96. The molecule has 3 heteroatoms. The van der Waals surface area contributed by atoms with Crippen LogP contribution in [0.1, 0.15) is 5.56 Å². The molecule has 2 rings (SSSR count). The van der Waals surface area contributed by atoms with Crippen LogP contribution in [0.2, 0.25) is 0 Å². The summed E-state index contributed by atoms with van der Waals surface area (Å²) >= 11 is 0. The first-order valence-electron chi connectivity index (χ1n) is 4.06. The molecule has 0 radical (unpaired) electrons. The van der Waals surface area contributed by atoms with E-state index in [2.05, 4.69) is 9.97 Å². The van der Waals surface area contributed by atoms with E-state index in [-0.39, 0.29) is 0 Å². The topological polar surface area (TPSA) is 35.0 Å². The van der Waals surface area contributed by atoms with Crippen LogP contribution in [-0.2, 0) is 0 Å². The summed E-state index contributed by atoms with van der Waals surface area (Å²) < 4.78 is 5.16. The highest BCUT2D eigenvalue weighted by molar-refractivity contribution is 5.85. The minimum atomic E-state index is 0.723. The van der Waals surface area contributed by atoms with E-state index in [1.54, 1.807) is 25.7 Å². The van der Waals surface area contributed by atoms with E-state index in [4.69, 9.17) is 4.74 Å². The first kappa shape index (κ1) is 7.98. The van der Waals surface area contributed by atoms with Gasteiger partial charge in [0.15, 0.2) is 5.75 Å². The molecule has 0 amide bonds. The van der Waals surface area contributed by atoms with Crippen molar-refractivity contribution in [2.75, 3.05) is 7.11 Å². The smallest absolute Gasteiger partial charge is 0.163 e. The number of hydrogen-bond donors (Lipinski definition) is 0. The van der Waals surface area contributed by atoms with Gasteiger partial charge in [-0.25, -0.2) is 0 Å². The van der Waals surface area contributed by atoms with Crippen molar-refractivity contribution < 1.29 is 4.74 Å². The van der Waals surface area contributed by atoms with Crippen LogP contribution in [0, 0.1) is 6.92 Å². The molecule has 0 spiro atoms. The van der Waals surface area contributed by atoms with Crippen LogP contribution in [0.5, 0.6) is 5.75 Å². The second-order valence-electron chi connectivity index (χ2n) is 2.87. The predicted octanol–water partition coefficient (Wildman–Crippen LogP) is 1.95. The summed E-state index contributed by atoms with van der Waals surface area (Å²) in [6.07, 6.45) is 5.26. The molecule has 0 aliphatic carbocycles. The third kappa shape index (κ3) is 1.22. The van der Waals surface area contributed by atoms with E-state index < -0.39 is 0 Å². The predicted molar refractivity (Wildman–Crippen MR) is 50.8 cm³/mol. The number of aromatic nitrogens is 2. The first-order valence-corrected chi connectivity index (χ1v) is 4.06. The Labute approximate surface area is 76.4 Å². The van der Waals surface area contributed by atoms with Crippen LogP contribution in [0.4, 0.5) is 0 Å². The van der Waals surface area contributed by atoms with Gasteiger partial charge in [0, 0.05) is 17.8 Å². The molecule has 0 N–H and O–H groups in total. The van der Waals surface area contributed by atoms with Gasteiger partial charge >= 0.3 is 0 Å². The van der Waals surface area contributed by atoms with Crippen molar-refractivity contribution in [2.45, 2.75) is 6.92 Å². The van der Waals surface area contributed by atoms with Gasteiger partial charge in [0.25, 0.3) is 0 Å². The number of aryl methyl sites for hydroxylation is 1. The van der Waals surface area contributed by atoms with Crippen LogP contribution in [-0.4, -0.2) is 17.1 Å². The molecule has 0 saturated carbocycles. The van der Waals surface area contributed by atoms with E-state index in [0.717, 1.165) is 22.2 Å². The summed E-state index contributed by atoms with van der Waals surface area (Å²) in [5.41, 5.74) is 2.04. The Morgan fingerprint density at radius 1 is 1.31 bits per heavy atom. The number of pyridine rings is 2. The molecule has 2 aromatic rings. The largest absolute Gasteiger partial charge is 0.493 e. The number of rotatable bonds is 1. The maximum absolute atomic E-state index is 5.16. The van der Waals surface area contributed by atoms with E-state index in [0.29, 0.717) is 0 Å². The molecule has 0 unspecified atom stereocenters. The van der Waals surface area contributed by atoms with Crippen molar-refractivity contribution in [1.29, 1.82) is 0 Å². The highest BCUT2D eigenvalue weighted by Crippen LogP contribution is 2.23. The molecule has 2 aromatic heterocycles. The zero-order valence-electron chi connectivity index (χ0n) is 7.61. The fourth-order valence-electron chi connectivity index (χ4n) is 1.32. The Hall–Kier alpha value is -1.64. The number of ether oxygens (including phenoxy) is 1. The molecule has 0 aliphatic rings. The second kappa shape index (κ2) is 3.01. The maximum atomic E-state index is 5.16. The van der Waals surface area contributed by atoms with Crippen molar-refractivity contribution in [2.24, 2.45) is 0 Å². The number of nitrogens with zero attached hydrogens (tertiary/aromatic N) is 2. The van der Waals surface area contributed by atoms with Gasteiger partial charge in [0.05, 0.1) is 13.3 Å². The Balaban J connectivity index is 2.84. The monoisotopic (exact) mass is 174 g/mol. The molecule has 2 heterocycles. The van der Waals surface area contributed by atoms with Crippen LogP contribution >= 0.6 is 0 Å². The highest BCUT2D eigenvalue weighted by Gasteiger charge is 2.03. The van der Waals surface area contributed by atoms with Crippen molar-refractivity contribution in [3.8, 4) is 5.75 Å². The Kier molecular flexibility index (Phi) is 1.85. The van der Waals surface area contributed by atoms with Gasteiger partial charge in [0.1, 0.15) is 5.52 Å². The average molecular weight is 174 g/mol. The van der Waals surface area contributed by atoms with Crippen LogP contribution in [0.25, 0.3) is 10.9 Å². The van der Waals surface area contributed by atoms with Gasteiger partial charge in [-0.2, -0.15) is 0 Å². The lowest BCUT2D eigenvalue weighted by Gasteiger charge is -2.04. The Morgan fingerprint density at radius 3 is 2.92 bits per heavy atom. The first-order chi connectivity index (χ1) is 6.33. The molecular formula is C10H10N2O. The molecule has 0 aromatic carbocycles. The quantitative estimate of drug-likeness (QED) is 0.662. The lowest BCUT2D eigenvalue weighted by molar-refractivity contribution is 0.417. The number of fused-ring (bicyclic) bond motifs is 1. The van der Waals surface area contributed by atoms with Gasteiger partial charge < -0.3 is 4.74 Å². The zero-order valence-corrected chi connectivity index (χ0v) is 7.61. The summed E-state index contributed by atoms with van der Waals surface area (Å²) in [4.78, 5) is 8.33. The Morgan fingerprint density at radius 2 is 2.15 bits per heavy atom. The maximum Gasteiger partial charge on any atom is 0.163 e. The summed E-state index contributed by atoms with van der Waals surface area (Å²) in [5, 5.41) is 1.04.